The quantitative estimate of drug-likeness (QED) is 0.923. The van der Waals surface area contributed by atoms with E-state index in [2.05, 4.69) is 0 Å². The SMILES string of the molecule is CC[C@H](C)N1C(=O)[C@@](O)([C@H]2COC(C)(C)CC2=O)c2ccccc21. The molecule has 130 valence electrons. The number of hydrogen-bond donors (Lipinski definition) is 1. The second kappa shape index (κ2) is 5.67. The number of carbonyl (C=O) groups is 2. The van der Waals surface area contributed by atoms with E-state index in [0.717, 1.165) is 6.42 Å². The Hall–Kier alpha value is -1.72. The van der Waals surface area contributed by atoms with Crippen LogP contribution in [0.15, 0.2) is 24.3 Å². The molecule has 0 spiro atoms. The maximum absolute atomic E-state index is 13.2. The summed E-state index contributed by atoms with van der Waals surface area (Å²) in [7, 11) is 0. The Morgan fingerprint density at radius 3 is 2.62 bits per heavy atom. The Morgan fingerprint density at radius 2 is 2.00 bits per heavy atom. The Balaban J connectivity index is 2.07. The molecule has 3 rings (SSSR count). The number of ketones is 1. The van der Waals surface area contributed by atoms with Crippen molar-refractivity contribution < 1.29 is 19.4 Å². The lowest BCUT2D eigenvalue weighted by Crippen LogP contribution is -2.55. The van der Waals surface area contributed by atoms with E-state index in [1.54, 1.807) is 17.0 Å². The molecule has 1 saturated heterocycles. The summed E-state index contributed by atoms with van der Waals surface area (Å²) in [5.41, 5.74) is -1.19. The lowest BCUT2D eigenvalue weighted by atomic mass is 9.76. The van der Waals surface area contributed by atoms with Crippen molar-refractivity contribution in [2.24, 2.45) is 5.92 Å². The van der Waals surface area contributed by atoms with Crippen LogP contribution in [0, 0.1) is 5.92 Å². The number of carbonyl (C=O) groups excluding carboxylic acids is 2. The highest BCUT2D eigenvalue weighted by atomic mass is 16.5. The summed E-state index contributed by atoms with van der Waals surface area (Å²) in [4.78, 5) is 27.5. The molecule has 2 heterocycles. The summed E-state index contributed by atoms with van der Waals surface area (Å²) < 4.78 is 5.76. The molecule has 1 fully saturated rings. The molecule has 1 amide bonds. The van der Waals surface area contributed by atoms with E-state index in [1.165, 1.54) is 0 Å². The van der Waals surface area contributed by atoms with Gasteiger partial charge in [0.1, 0.15) is 5.78 Å². The fourth-order valence-corrected chi connectivity index (χ4v) is 3.72. The maximum Gasteiger partial charge on any atom is 0.264 e. The highest BCUT2D eigenvalue weighted by molar-refractivity contribution is 6.10. The predicted octanol–water partition coefficient (Wildman–Crippen LogP) is 2.40. The standard InChI is InChI=1S/C19H25NO4/c1-5-12(2)20-15-9-7-6-8-13(15)19(23,17(20)22)14-11-24-18(3,4)10-16(14)21/h6-9,12,14,23H,5,10-11H2,1-4H3/t12-,14-,19-/m0/s1. The van der Waals surface area contributed by atoms with Crippen molar-refractivity contribution in [2.45, 2.75) is 57.8 Å². The minimum atomic E-state index is -1.84. The number of ether oxygens (including phenoxy) is 1. The molecular formula is C19H25NO4. The van der Waals surface area contributed by atoms with E-state index in [0.29, 0.717) is 11.3 Å². The molecule has 5 nitrogen and oxygen atoms in total. The molecule has 2 aliphatic heterocycles. The number of fused-ring (bicyclic) bond motifs is 1. The summed E-state index contributed by atoms with van der Waals surface area (Å²) in [5.74, 6) is -1.41. The number of amides is 1. The number of Topliss-reactive ketones (excluding diaryl/α,β-unsaturated/α-hetero) is 1. The average molecular weight is 331 g/mol. The molecule has 3 atom stereocenters. The van der Waals surface area contributed by atoms with E-state index >= 15 is 0 Å². The van der Waals surface area contributed by atoms with E-state index < -0.39 is 23.0 Å². The van der Waals surface area contributed by atoms with Crippen molar-refractivity contribution >= 4 is 17.4 Å². The number of hydrogen-bond acceptors (Lipinski definition) is 4. The Bertz CT molecular complexity index is 684. The van der Waals surface area contributed by atoms with E-state index in [4.69, 9.17) is 4.74 Å². The monoisotopic (exact) mass is 331 g/mol. The number of aliphatic hydroxyl groups is 1. The molecule has 0 aromatic heterocycles. The average Bonchev–Trinajstić information content (AvgIpc) is 2.75. The molecular weight excluding hydrogens is 306 g/mol. The Kier molecular flexibility index (Phi) is 4.04. The lowest BCUT2D eigenvalue weighted by Gasteiger charge is -2.39. The van der Waals surface area contributed by atoms with Crippen LogP contribution >= 0.6 is 0 Å². The van der Waals surface area contributed by atoms with Gasteiger partial charge in [-0.25, -0.2) is 0 Å². The second-order valence-corrected chi connectivity index (χ2v) is 7.48. The van der Waals surface area contributed by atoms with Gasteiger partial charge in [-0.1, -0.05) is 25.1 Å². The fourth-order valence-electron chi connectivity index (χ4n) is 3.72. The third-order valence-corrected chi connectivity index (χ3v) is 5.28. The Morgan fingerprint density at radius 1 is 1.33 bits per heavy atom. The van der Waals surface area contributed by atoms with Crippen LogP contribution in [0.2, 0.25) is 0 Å². The Labute approximate surface area is 142 Å². The molecule has 2 aliphatic rings. The van der Waals surface area contributed by atoms with E-state index in [1.807, 2.05) is 39.8 Å². The first kappa shape index (κ1) is 17.1. The van der Waals surface area contributed by atoms with E-state index in [9.17, 15) is 14.7 Å². The van der Waals surface area contributed by atoms with Gasteiger partial charge in [0, 0.05) is 18.0 Å². The summed E-state index contributed by atoms with van der Waals surface area (Å²) >= 11 is 0. The van der Waals surface area contributed by atoms with Gasteiger partial charge in [-0.3, -0.25) is 9.59 Å². The molecule has 0 radical (unpaired) electrons. The zero-order valence-electron chi connectivity index (χ0n) is 14.7. The molecule has 5 heteroatoms. The zero-order valence-corrected chi connectivity index (χ0v) is 14.7. The molecule has 1 aromatic rings. The highest BCUT2D eigenvalue weighted by Crippen LogP contribution is 2.48. The summed E-state index contributed by atoms with van der Waals surface area (Å²) in [5, 5.41) is 11.4. The van der Waals surface area contributed by atoms with Gasteiger partial charge in [0.2, 0.25) is 0 Å². The summed E-state index contributed by atoms with van der Waals surface area (Å²) in [6, 6.07) is 7.15. The van der Waals surface area contributed by atoms with Crippen molar-refractivity contribution in [3.8, 4) is 0 Å². The molecule has 24 heavy (non-hydrogen) atoms. The summed E-state index contributed by atoms with van der Waals surface area (Å²) in [6.45, 7) is 7.69. The van der Waals surface area contributed by atoms with Crippen molar-refractivity contribution in [3.63, 3.8) is 0 Å². The van der Waals surface area contributed by atoms with Crippen LogP contribution < -0.4 is 4.90 Å². The van der Waals surface area contributed by atoms with Crippen LogP contribution in [0.25, 0.3) is 0 Å². The molecule has 1 N–H and O–H groups in total. The van der Waals surface area contributed by atoms with Crippen LogP contribution in [-0.2, 0) is 19.9 Å². The molecule has 0 bridgehead atoms. The van der Waals surface area contributed by atoms with Gasteiger partial charge < -0.3 is 14.7 Å². The van der Waals surface area contributed by atoms with Crippen molar-refractivity contribution in [2.75, 3.05) is 11.5 Å². The van der Waals surface area contributed by atoms with Gasteiger partial charge in [0.25, 0.3) is 5.91 Å². The normalized spacial score (nSPS) is 30.4. The number of anilines is 1. The lowest BCUT2D eigenvalue weighted by molar-refractivity contribution is -0.172. The van der Waals surface area contributed by atoms with Crippen LogP contribution in [0.4, 0.5) is 5.69 Å². The van der Waals surface area contributed by atoms with Crippen LogP contribution in [0.3, 0.4) is 0 Å². The van der Waals surface area contributed by atoms with Crippen molar-refractivity contribution in [3.05, 3.63) is 29.8 Å². The van der Waals surface area contributed by atoms with Crippen LogP contribution in [-0.4, -0.2) is 35.0 Å². The second-order valence-electron chi connectivity index (χ2n) is 7.48. The third kappa shape index (κ3) is 2.38. The number of rotatable bonds is 3. The smallest absolute Gasteiger partial charge is 0.264 e. The van der Waals surface area contributed by atoms with Gasteiger partial charge in [-0.05, 0) is 33.3 Å². The van der Waals surface area contributed by atoms with Gasteiger partial charge in [0.05, 0.1) is 23.8 Å². The van der Waals surface area contributed by atoms with Gasteiger partial charge >= 0.3 is 0 Å². The molecule has 0 aliphatic carbocycles. The predicted molar refractivity (Wildman–Crippen MR) is 90.7 cm³/mol. The third-order valence-electron chi connectivity index (χ3n) is 5.28. The fraction of sp³-hybridized carbons (Fsp3) is 0.579. The number of nitrogens with zero attached hydrogens (tertiary/aromatic N) is 1. The van der Waals surface area contributed by atoms with E-state index in [-0.39, 0.29) is 24.9 Å². The van der Waals surface area contributed by atoms with Crippen molar-refractivity contribution in [1.82, 2.24) is 0 Å². The van der Waals surface area contributed by atoms with Gasteiger partial charge in [-0.2, -0.15) is 0 Å². The van der Waals surface area contributed by atoms with Gasteiger partial charge in [-0.15, -0.1) is 0 Å². The first-order chi connectivity index (χ1) is 11.2. The van der Waals surface area contributed by atoms with Gasteiger partial charge in [0.15, 0.2) is 5.60 Å². The largest absolute Gasteiger partial charge is 0.375 e. The van der Waals surface area contributed by atoms with Crippen LogP contribution in [0.5, 0.6) is 0 Å². The number of para-hydroxylation sites is 1. The molecule has 1 aromatic carbocycles. The first-order valence-corrected chi connectivity index (χ1v) is 8.54. The first-order valence-electron chi connectivity index (χ1n) is 8.54. The minimum Gasteiger partial charge on any atom is -0.375 e. The summed E-state index contributed by atoms with van der Waals surface area (Å²) in [6.07, 6.45) is 0.955. The highest BCUT2D eigenvalue weighted by Gasteiger charge is 2.59. The minimum absolute atomic E-state index is 0.0521. The maximum atomic E-state index is 13.2. The topological polar surface area (TPSA) is 66.8 Å². The number of benzene rings is 1. The molecule has 0 unspecified atom stereocenters. The molecule has 0 saturated carbocycles. The zero-order chi connectivity index (χ0) is 17.7. The van der Waals surface area contributed by atoms with Crippen molar-refractivity contribution in [1.29, 1.82) is 0 Å². The van der Waals surface area contributed by atoms with Crippen LogP contribution in [0.1, 0.15) is 46.1 Å².